The van der Waals surface area contributed by atoms with Crippen molar-refractivity contribution < 1.29 is 14.4 Å². The summed E-state index contributed by atoms with van der Waals surface area (Å²) in [7, 11) is 0. The number of fused-ring (bicyclic) bond motifs is 3. The maximum Gasteiger partial charge on any atom is 0.277 e. The Morgan fingerprint density at radius 3 is 2.63 bits per heavy atom. The van der Waals surface area contributed by atoms with Crippen molar-refractivity contribution >= 4 is 16.6 Å². The molecule has 0 radical (unpaired) electrons. The van der Waals surface area contributed by atoms with E-state index in [4.69, 9.17) is 9.26 Å². The number of aliphatic hydroxyl groups excluding tert-OH is 1. The number of aliphatic hydroxyl groups is 1. The molecule has 3 aromatic heterocycles. The van der Waals surface area contributed by atoms with E-state index in [0.29, 0.717) is 29.5 Å². The van der Waals surface area contributed by atoms with E-state index in [-0.39, 0.29) is 23.4 Å². The second-order valence-electron chi connectivity index (χ2n) is 10.2. The molecule has 10 nitrogen and oxygen atoms in total. The van der Waals surface area contributed by atoms with Crippen LogP contribution in [0.1, 0.15) is 51.5 Å². The summed E-state index contributed by atoms with van der Waals surface area (Å²) in [6.07, 6.45) is 4.43. The third kappa shape index (κ3) is 4.05. The van der Waals surface area contributed by atoms with Gasteiger partial charge in [0.2, 0.25) is 5.82 Å². The molecule has 0 aliphatic carbocycles. The number of aromatic nitrogens is 5. The number of nitrogens with zero attached hydrogens (tertiary/aromatic N) is 6. The normalized spacial score (nSPS) is 21.4. The van der Waals surface area contributed by atoms with E-state index in [9.17, 15) is 9.90 Å². The number of likely N-dealkylation sites (tertiary alicyclic amines) is 1. The number of piperidine rings is 1. The predicted molar refractivity (Wildman–Crippen MR) is 129 cm³/mol. The molecule has 5 heterocycles. The lowest BCUT2D eigenvalue weighted by atomic mass is 10.1. The quantitative estimate of drug-likeness (QED) is 0.466. The first-order valence-electron chi connectivity index (χ1n) is 12.3. The number of ether oxygens (including phenoxy) is 1. The highest BCUT2D eigenvalue weighted by atomic mass is 16.5. The predicted octanol–water partition coefficient (Wildman–Crippen LogP) is 2.79. The van der Waals surface area contributed by atoms with Crippen molar-refractivity contribution in [1.29, 1.82) is 0 Å². The molecular weight excluding hydrogens is 448 g/mol. The number of imidazole rings is 1. The molecule has 0 amide bonds. The molecule has 2 saturated heterocycles. The third-order valence-corrected chi connectivity index (χ3v) is 7.24. The molecule has 2 aliphatic heterocycles. The summed E-state index contributed by atoms with van der Waals surface area (Å²) >= 11 is 0. The van der Waals surface area contributed by atoms with Crippen molar-refractivity contribution in [3.8, 4) is 11.5 Å². The minimum Gasteiger partial charge on any atom is -0.393 e. The number of hydrogen-bond donors (Lipinski definition) is 1. The fourth-order valence-electron chi connectivity index (χ4n) is 5.26. The summed E-state index contributed by atoms with van der Waals surface area (Å²) < 4.78 is 15.2. The van der Waals surface area contributed by atoms with Crippen LogP contribution in [0.15, 0.2) is 39.9 Å². The van der Waals surface area contributed by atoms with E-state index >= 15 is 0 Å². The first-order chi connectivity index (χ1) is 16.9. The van der Waals surface area contributed by atoms with Crippen LogP contribution in [-0.2, 0) is 11.3 Å². The van der Waals surface area contributed by atoms with Crippen LogP contribution in [0.5, 0.6) is 0 Å². The molecule has 6 rings (SSSR count). The van der Waals surface area contributed by atoms with Crippen molar-refractivity contribution in [3.05, 3.63) is 46.8 Å². The zero-order valence-electron chi connectivity index (χ0n) is 20.1. The van der Waals surface area contributed by atoms with Crippen molar-refractivity contribution in [3.63, 3.8) is 0 Å². The second-order valence-corrected chi connectivity index (χ2v) is 10.2. The number of benzene rings is 1. The van der Waals surface area contributed by atoms with Gasteiger partial charge < -0.3 is 23.8 Å². The Hall–Kier alpha value is -3.08. The van der Waals surface area contributed by atoms with Crippen LogP contribution in [-0.4, -0.2) is 65.4 Å². The fraction of sp³-hybridized carbons (Fsp3) is 0.520. The maximum absolute atomic E-state index is 13.8. The lowest BCUT2D eigenvalue weighted by Crippen LogP contribution is -2.39. The number of rotatable bonds is 5. The Kier molecular flexibility index (Phi) is 5.46. The Labute approximate surface area is 202 Å². The van der Waals surface area contributed by atoms with Crippen LogP contribution in [0, 0.1) is 0 Å². The van der Waals surface area contributed by atoms with E-state index in [2.05, 4.69) is 20.0 Å². The molecule has 10 heteroatoms. The highest BCUT2D eigenvalue weighted by Crippen LogP contribution is 2.38. The van der Waals surface area contributed by atoms with Crippen LogP contribution < -0.4 is 5.56 Å². The van der Waals surface area contributed by atoms with Gasteiger partial charge in [-0.2, -0.15) is 4.98 Å². The van der Waals surface area contributed by atoms with Crippen molar-refractivity contribution in [2.75, 3.05) is 19.6 Å². The largest absolute Gasteiger partial charge is 0.393 e. The lowest BCUT2D eigenvalue weighted by molar-refractivity contribution is -0.0292. The molecule has 1 atom stereocenters. The smallest absolute Gasteiger partial charge is 0.277 e. The van der Waals surface area contributed by atoms with Gasteiger partial charge in [-0.05, 0) is 51.7 Å². The molecule has 4 aromatic rings. The molecule has 35 heavy (non-hydrogen) atoms. The summed E-state index contributed by atoms with van der Waals surface area (Å²) in [4.78, 5) is 25.2. The fourth-order valence-corrected chi connectivity index (χ4v) is 5.26. The standard InChI is InChI=1S/C25H30N6O4/c1-25(2)10-7-19(34-25)23-27-22(28-35-23)20-21-24(33)30(14-13-29-11-8-16(32)9-12-29)17-5-3-4-6-18(17)31(21)15-26-20/h3-6,15-16,19,32H,7-14H2,1-2H3. The summed E-state index contributed by atoms with van der Waals surface area (Å²) in [5.74, 6) is 0.708. The van der Waals surface area contributed by atoms with E-state index in [1.807, 2.05) is 47.1 Å². The van der Waals surface area contributed by atoms with Gasteiger partial charge in [-0.25, -0.2) is 4.98 Å². The van der Waals surface area contributed by atoms with Gasteiger partial charge in [-0.1, -0.05) is 17.3 Å². The molecule has 0 bridgehead atoms. The molecule has 0 spiro atoms. The number of hydrogen-bond acceptors (Lipinski definition) is 8. The van der Waals surface area contributed by atoms with Crippen LogP contribution in [0.3, 0.4) is 0 Å². The van der Waals surface area contributed by atoms with E-state index in [1.165, 1.54) is 0 Å². The zero-order valence-corrected chi connectivity index (χ0v) is 20.1. The van der Waals surface area contributed by atoms with Gasteiger partial charge in [-0.3, -0.25) is 9.20 Å². The summed E-state index contributed by atoms with van der Waals surface area (Å²) in [5, 5.41) is 14.0. The molecule has 2 fully saturated rings. The topological polar surface area (TPSA) is 111 Å². The monoisotopic (exact) mass is 478 g/mol. The van der Waals surface area contributed by atoms with Crippen LogP contribution in [0.25, 0.3) is 28.1 Å². The zero-order chi connectivity index (χ0) is 24.2. The molecule has 184 valence electrons. The van der Waals surface area contributed by atoms with Gasteiger partial charge in [0.15, 0.2) is 0 Å². The van der Waals surface area contributed by atoms with Crippen molar-refractivity contribution in [2.24, 2.45) is 0 Å². The van der Waals surface area contributed by atoms with Gasteiger partial charge in [0.05, 0.1) is 22.7 Å². The van der Waals surface area contributed by atoms with Gasteiger partial charge >= 0.3 is 0 Å². The van der Waals surface area contributed by atoms with Crippen molar-refractivity contribution in [2.45, 2.75) is 63.9 Å². The molecule has 1 unspecified atom stereocenters. The third-order valence-electron chi connectivity index (χ3n) is 7.24. The summed E-state index contributed by atoms with van der Waals surface area (Å²) in [6, 6.07) is 7.83. The average molecular weight is 479 g/mol. The van der Waals surface area contributed by atoms with E-state index in [1.54, 1.807) is 6.33 Å². The Balaban J connectivity index is 1.39. The lowest BCUT2D eigenvalue weighted by Gasteiger charge is -2.29. The van der Waals surface area contributed by atoms with Gasteiger partial charge in [0.25, 0.3) is 11.4 Å². The maximum atomic E-state index is 13.8. The summed E-state index contributed by atoms with van der Waals surface area (Å²) in [5.41, 5.74) is 2.21. The second kappa shape index (κ2) is 8.54. The SMILES string of the molecule is CC1(C)CCC(c2nc(-c3ncn4c3c(=O)n(CCN3CCC(O)CC3)c3ccccc34)no2)O1. The van der Waals surface area contributed by atoms with Crippen LogP contribution in [0.4, 0.5) is 0 Å². The molecule has 0 saturated carbocycles. The highest BCUT2D eigenvalue weighted by molar-refractivity contribution is 5.83. The average Bonchev–Trinajstić information content (AvgIpc) is 3.58. The van der Waals surface area contributed by atoms with Crippen LogP contribution in [0.2, 0.25) is 0 Å². The first kappa shape index (κ1) is 22.4. The van der Waals surface area contributed by atoms with Gasteiger partial charge in [0.1, 0.15) is 23.6 Å². The minimum atomic E-state index is -0.249. The molecular formula is C25H30N6O4. The Morgan fingerprint density at radius 2 is 1.89 bits per heavy atom. The Morgan fingerprint density at radius 1 is 1.11 bits per heavy atom. The first-order valence-corrected chi connectivity index (χ1v) is 12.3. The van der Waals surface area contributed by atoms with Gasteiger partial charge in [-0.15, -0.1) is 0 Å². The highest BCUT2D eigenvalue weighted by Gasteiger charge is 2.36. The summed E-state index contributed by atoms with van der Waals surface area (Å²) in [6.45, 7) is 7.04. The van der Waals surface area contributed by atoms with E-state index in [0.717, 1.165) is 56.4 Å². The van der Waals surface area contributed by atoms with Crippen LogP contribution >= 0.6 is 0 Å². The molecule has 1 aromatic carbocycles. The molecule has 2 aliphatic rings. The van der Waals surface area contributed by atoms with Crippen molar-refractivity contribution in [1.82, 2.24) is 29.0 Å². The van der Waals surface area contributed by atoms with E-state index < -0.39 is 0 Å². The minimum absolute atomic E-state index is 0.141. The molecule has 1 N–H and O–H groups in total. The Bertz CT molecular complexity index is 1430. The van der Waals surface area contributed by atoms with Gasteiger partial charge in [0, 0.05) is 26.2 Å². The number of para-hydroxylation sites is 2.